The molecule has 10 rings (SSSR count). The second-order valence-electron chi connectivity index (χ2n) is 10.7. The Bertz CT molecular complexity index is 2710. The third-order valence-electron chi connectivity index (χ3n) is 8.75. The van der Waals surface area contributed by atoms with Crippen molar-refractivity contribution in [3.8, 4) is 0 Å². The molecule has 0 saturated carbocycles. The van der Waals surface area contributed by atoms with Crippen LogP contribution in [0.25, 0.3) is 84.8 Å². The van der Waals surface area contributed by atoms with Gasteiger partial charge in [-0.05, 0) is 66.0 Å². The Morgan fingerprint density at radius 3 is 1.12 bits per heavy atom. The van der Waals surface area contributed by atoms with Crippen LogP contribution in [0.4, 0.5) is 0 Å². The molecule has 0 aliphatic rings. The molecule has 0 radical (unpaired) electrons. The van der Waals surface area contributed by atoms with Crippen LogP contribution in [0, 0.1) is 9.06 Å². The first-order chi connectivity index (χ1) is 19.7. The van der Waals surface area contributed by atoms with Crippen molar-refractivity contribution in [1.82, 2.24) is 0 Å². The van der Waals surface area contributed by atoms with Crippen molar-refractivity contribution >= 4 is 107 Å². The van der Waals surface area contributed by atoms with E-state index in [2.05, 4.69) is 97.1 Å². The fourth-order valence-electron chi connectivity index (χ4n) is 7.09. The number of hydrogen-bond acceptors (Lipinski definition) is 4. The molecule has 40 heavy (non-hydrogen) atoms. The second-order valence-corrected chi connectivity index (χ2v) is 12.7. The summed E-state index contributed by atoms with van der Waals surface area (Å²) in [7, 11) is 0. The van der Waals surface area contributed by atoms with Crippen LogP contribution in [-0.2, 0) is 0 Å². The fraction of sp³-hybridized carbons (Fsp3) is 0. The van der Waals surface area contributed by atoms with Crippen LogP contribution in [0.3, 0.4) is 0 Å². The maximum Gasteiger partial charge on any atom is 0.206 e. The zero-order valence-corrected chi connectivity index (χ0v) is 22.5. The minimum atomic E-state index is -0.0424. The highest BCUT2D eigenvalue weighted by Gasteiger charge is 2.20. The maximum atomic E-state index is 14.0. The van der Waals surface area contributed by atoms with Crippen molar-refractivity contribution in [2.45, 2.75) is 0 Å². The van der Waals surface area contributed by atoms with Crippen molar-refractivity contribution in [3.63, 3.8) is 0 Å². The van der Waals surface area contributed by atoms with Gasteiger partial charge in [0.2, 0.25) is 10.9 Å². The van der Waals surface area contributed by atoms with Gasteiger partial charge in [0.1, 0.15) is 0 Å². The molecule has 2 heterocycles. The van der Waals surface area contributed by atoms with E-state index in [1.165, 1.54) is 65.8 Å². The molecule has 0 amide bonds. The minimum Gasteiger partial charge on any atom is -0.288 e. The molecule has 0 aliphatic heterocycles. The van der Waals surface area contributed by atoms with Gasteiger partial charge in [-0.25, -0.2) is 0 Å². The van der Waals surface area contributed by atoms with E-state index in [1.807, 2.05) is 0 Å². The third kappa shape index (κ3) is 2.37. The Morgan fingerprint density at radius 2 is 0.700 bits per heavy atom. The Balaban J connectivity index is 1.42. The topological polar surface area (TPSA) is 34.1 Å². The van der Waals surface area contributed by atoms with Gasteiger partial charge >= 0.3 is 0 Å². The van der Waals surface area contributed by atoms with Crippen LogP contribution in [-0.4, -0.2) is 0 Å². The highest BCUT2D eigenvalue weighted by molar-refractivity contribution is 7.21. The molecule has 0 aliphatic carbocycles. The first kappa shape index (κ1) is 21.2. The number of fused-ring (bicyclic) bond motifs is 10. The van der Waals surface area contributed by atoms with Crippen LogP contribution < -0.4 is 10.9 Å². The van der Waals surface area contributed by atoms with E-state index in [-0.39, 0.29) is 10.9 Å². The molecule has 184 valence electrons. The normalized spacial score (nSPS) is 13.6. The van der Waals surface area contributed by atoms with Gasteiger partial charge < -0.3 is 0 Å². The minimum absolute atomic E-state index is 0.0424. The molecule has 0 saturated heterocycles. The molecule has 0 spiro atoms. The summed E-state index contributed by atoms with van der Waals surface area (Å²) in [5, 5.41) is 15.4. The summed E-state index contributed by atoms with van der Waals surface area (Å²) in [5.41, 5.74) is -0.0847. The molecule has 2 nitrogen and oxygen atoms in total. The highest BCUT2D eigenvalue weighted by atomic mass is 32.1. The Labute approximate surface area is 233 Å². The first-order valence-corrected chi connectivity index (χ1v) is 14.9. The van der Waals surface area contributed by atoms with Gasteiger partial charge in [0, 0.05) is 30.9 Å². The lowest BCUT2D eigenvalue weighted by molar-refractivity contribution is 1.63. The second kappa shape index (κ2) is 7.11. The summed E-state index contributed by atoms with van der Waals surface area (Å²) >= 11 is 2.95. The van der Waals surface area contributed by atoms with E-state index < -0.39 is 0 Å². The zero-order chi connectivity index (χ0) is 26.3. The summed E-state index contributed by atoms with van der Waals surface area (Å²) in [5.74, 6) is 0. The largest absolute Gasteiger partial charge is 0.288 e. The van der Waals surface area contributed by atoms with Crippen molar-refractivity contribution in [2.24, 2.45) is 0 Å². The molecule has 0 unspecified atom stereocenters. The highest BCUT2D eigenvalue weighted by Crippen LogP contribution is 2.44. The van der Waals surface area contributed by atoms with Crippen molar-refractivity contribution < 1.29 is 0 Å². The van der Waals surface area contributed by atoms with Gasteiger partial charge in [-0.15, -0.1) is 22.7 Å². The van der Waals surface area contributed by atoms with Crippen LogP contribution in [0.1, 0.15) is 0 Å². The van der Waals surface area contributed by atoms with Gasteiger partial charge in [0.05, 0.1) is 9.06 Å². The third-order valence-corrected chi connectivity index (χ3v) is 11.4. The predicted octanol–water partition coefficient (Wildman–Crippen LogP) is 9.36. The van der Waals surface area contributed by atoms with Crippen LogP contribution >= 0.6 is 22.7 Å². The molecular weight excluding hydrogens is 529 g/mol. The molecule has 4 heteroatoms. The number of rotatable bonds is 0. The maximum absolute atomic E-state index is 14.0. The van der Waals surface area contributed by atoms with Crippen molar-refractivity contribution in [2.75, 3.05) is 0 Å². The average Bonchev–Trinajstić information content (AvgIpc) is 3.71. The standard InChI is InChI=1S/C36H16O2S2/c37-31-27-15-25-19-9-3-1-7-17(19)21-11-5-13-23(29(21)25)33(27)39-35(31)36-32(38)28-16-26-20-10-4-2-8-18(20)22-12-6-14-24(30(22)26)34(28)40-36/h1-16H. The van der Waals surface area contributed by atoms with E-state index in [4.69, 9.17) is 0 Å². The quantitative estimate of drug-likeness (QED) is 0.191. The molecule has 0 N–H and O–H groups in total. The van der Waals surface area contributed by atoms with Crippen molar-refractivity contribution in [1.29, 1.82) is 0 Å². The van der Waals surface area contributed by atoms with Gasteiger partial charge in [0.25, 0.3) is 0 Å². The summed E-state index contributed by atoms with van der Waals surface area (Å²) in [6, 6.07) is 33.6. The van der Waals surface area contributed by atoms with E-state index in [1.54, 1.807) is 0 Å². The Hall–Kier alpha value is -4.64. The van der Waals surface area contributed by atoms with Crippen LogP contribution in [0.5, 0.6) is 0 Å². The number of benzene rings is 6. The average molecular weight is 545 g/mol. The zero-order valence-electron chi connectivity index (χ0n) is 20.9. The summed E-state index contributed by atoms with van der Waals surface area (Å²) < 4.78 is 3.05. The van der Waals surface area contributed by atoms with Gasteiger partial charge in [-0.2, -0.15) is 0 Å². The first-order valence-electron chi connectivity index (χ1n) is 13.3. The van der Waals surface area contributed by atoms with E-state index in [0.717, 1.165) is 30.9 Å². The molecule has 0 atom stereocenters. The Kier molecular flexibility index (Phi) is 3.77. The molecule has 2 aromatic heterocycles. The monoisotopic (exact) mass is 544 g/mol. The lowest BCUT2D eigenvalue weighted by Gasteiger charge is -2.00. The Morgan fingerprint density at radius 1 is 0.350 bits per heavy atom. The van der Waals surface area contributed by atoms with E-state index in [0.29, 0.717) is 19.8 Å². The van der Waals surface area contributed by atoms with E-state index in [9.17, 15) is 9.59 Å². The van der Waals surface area contributed by atoms with Crippen LogP contribution in [0.15, 0.2) is 107 Å². The molecule has 0 bridgehead atoms. The number of thiophene rings is 2. The number of hydrogen-bond donors (Lipinski definition) is 0. The van der Waals surface area contributed by atoms with Crippen molar-refractivity contribution in [3.05, 3.63) is 127 Å². The van der Waals surface area contributed by atoms with Gasteiger partial charge in [-0.1, -0.05) is 84.9 Å². The van der Waals surface area contributed by atoms with Gasteiger partial charge in [-0.3, -0.25) is 9.59 Å². The summed E-state index contributed by atoms with van der Waals surface area (Å²) in [6.07, 6.45) is 0. The van der Waals surface area contributed by atoms with Gasteiger partial charge in [0.15, 0.2) is 0 Å². The lowest BCUT2D eigenvalue weighted by Crippen LogP contribution is -2.01. The molecule has 0 fully saturated rings. The summed E-state index contributed by atoms with van der Waals surface area (Å²) in [4.78, 5) is 28.1. The lowest BCUT2D eigenvalue weighted by atomic mass is 10.0. The smallest absolute Gasteiger partial charge is 0.206 e. The fourth-order valence-corrected chi connectivity index (χ4v) is 9.61. The van der Waals surface area contributed by atoms with E-state index >= 15 is 0 Å². The molecular formula is C36H16O2S2. The molecule has 10 aromatic rings. The molecule has 8 aromatic carbocycles. The van der Waals surface area contributed by atoms with Crippen LogP contribution in [0.2, 0.25) is 0 Å². The SMILES string of the molecule is O=c1c(=c2sc3c(cc4c5ccccc5c5cccc3c54)c2=O)sc2c1cc1c3ccccc3c3cccc2c31. The predicted molar refractivity (Wildman–Crippen MR) is 172 cm³/mol. The summed E-state index contributed by atoms with van der Waals surface area (Å²) in [6.45, 7) is 0.